The van der Waals surface area contributed by atoms with Crippen LogP contribution >= 0.6 is 0 Å². The third kappa shape index (κ3) is 8.05. The summed E-state index contributed by atoms with van der Waals surface area (Å²) in [6.07, 6.45) is 7.33. The van der Waals surface area contributed by atoms with Crippen molar-refractivity contribution in [3.63, 3.8) is 0 Å². The van der Waals surface area contributed by atoms with E-state index in [2.05, 4.69) is 20.8 Å². The van der Waals surface area contributed by atoms with Crippen LogP contribution in [0.5, 0.6) is 11.5 Å². The molecule has 0 radical (unpaired) electrons. The summed E-state index contributed by atoms with van der Waals surface area (Å²) in [5.74, 6) is 1.53. The van der Waals surface area contributed by atoms with Crippen molar-refractivity contribution in [2.45, 2.75) is 52.9 Å². The molecule has 0 amide bonds. The molecule has 132 valence electrons. The summed E-state index contributed by atoms with van der Waals surface area (Å²) in [6.45, 7) is 7.19. The molecule has 3 rings (SSSR count). The van der Waals surface area contributed by atoms with Gasteiger partial charge in [0.15, 0.2) is 0 Å². The summed E-state index contributed by atoms with van der Waals surface area (Å²) in [5, 5.41) is 17.3. The third-order valence-electron chi connectivity index (χ3n) is 4.90. The number of hydrogen-bond donors (Lipinski definition) is 2. The van der Waals surface area contributed by atoms with Gasteiger partial charge in [-0.05, 0) is 48.4 Å². The Bertz CT molecular complexity index is 491. The van der Waals surface area contributed by atoms with Gasteiger partial charge in [0.05, 0.1) is 0 Å². The number of para-hydroxylation sites is 2. The lowest BCUT2D eigenvalue weighted by Crippen LogP contribution is -2.25. The standard InChI is InChI=1S/C10H20.2C6H6O/c1-9(2)10(3)7-5-4-6-8-10;2*7-6-4-2-1-3-5-6/h9H,4-8H2,1-3H3;2*1-5,7H. The maximum absolute atomic E-state index is 8.63. The van der Waals surface area contributed by atoms with Crippen LogP contribution in [0.4, 0.5) is 0 Å². The number of hydrogen-bond acceptors (Lipinski definition) is 2. The molecule has 2 heteroatoms. The van der Waals surface area contributed by atoms with Gasteiger partial charge in [-0.1, -0.05) is 76.4 Å². The van der Waals surface area contributed by atoms with Gasteiger partial charge in [-0.2, -0.15) is 0 Å². The Balaban J connectivity index is 0.000000185. The van der Waals surface area contributed by atoms with Crippen LogP contribution in [-0.4, -0.2) is 10.2 Å². The van der Waals surface area contributed by atoms with Crippen LogP contribution in [0.1, 0.15) is 52.9 Å². The first-order valence-electron chi connectivity index (χ1n) is 8.92. The lowest BCUT2D eigenvalue weighted by Gasteiger charge is -2.37. The van der Waals surface area contributed by atoms with E-state index in [4.69, 9.17) is 10.2 Å². The van der Waals surface area contributed by atoms with E-state index >= 15 is 0 Å². The second-order valence-electron chi connectivity index (χ2n) is 7.04. The summed E-state index contributed by atoms with van der Waals surface area (Å²) < 4.78 is 0. The summed E-state index contributed by atoms with van der Waals surface area (Å²) in [6, 6.07) is 17.4. The van der Waals surface area contributed by atoms with Crippen LogP contribution in [0.25, 0.3) is 0 Å². The molecule has 0 unspecified atom stereocenters. The van der Waals surface area contributed by atoms with E-state index in [1.54, 1.807) is 48.5 Å². The molecule has 2 nitrogen and oxygen atoms in total. The van der Waals surface area contributed by atoms with Crippen LogP contribution in [-0.2, 0) is 0 Å². The minimum Gasteiger partial charge on any atom is -0.508 e. The molecule has 0 aliphatic heterocycles. The van der Waals surface area contributed by atoms with E-state index in [0.29, 0.717) is 16.9 Å². The van der Waals surface area contributed by atoms with Crippen molar-refractivity contribution in [1.82, 2.24) is 0 Å². The van der Waals surface area contributed by atoms with E-state index in [0.717, 1.165) is 5.92 Å². The van der Waals surface area contributed by atoms with Gasteiger partial charge in [0.1, 0.15) is 11.5 Å². The summed E-state index contributed by atoms with van der Waals surface area (Å²) in [5.41, 5.74) is 0.679. The molecule has 1 aliphatic rings. The van der Waals surface area contributed by atoms with E-state index in [9.17, 15) is 0 Å². The lowest BCUT2D eigenvalue weighted by atomic mass is 9.69. The fourth-order valence-corrected chi connectivity index (χ4v) is 2.79. The van der Waals surface area contributed by atoms with Gasteiger partial charge in [0.2, 0.25) is 0 Å². The average Bonchev–Trinajstić information content (AvgIpc) is 2.58. The molecule has 0 saturated heterocycles. The van der Waals surface area contributed by atoms with Crippen molar-refractivity contribution in [2.75, 3.05) is 0 Å². The van der Waals surface area contributed by atoms with E-state index < -0.39 is 0 Å². The third-order valence-corrected chi connectivity index (χ3v) is 4.90. The van der Waals surface area contributed by atoms with Crippen molar-refractivity contribution in [2.24, 2.45) is 11.3 Å². The van der Waals surface area contributed by atoms with Gasteiger partial charge in [-0.25, -0.2) is 0 Å². The van der Waals surface area contributed by atoms with Crippen molar-refractivity contribution in [3.8, 4) is 11.5 Å². The van der Waals surface area contributed by atoms with Crippen LogP contribution in [0.3, 0.4) is 0 Å². The summed E-state index contributed by atoms with van der Waals surface area (Å²) in [7, 11) is 0. The van der Waals surface area contributed by atoms with Gasteiger partial charge < -0.3 is 10.2 Å². The Morgan fingerprint density at radius 3 is 1.29 bits per heavy atom. The van der Waals surface area contributed by atoms with Crippen molar-refractivity contribution >= 4 is 0 Å². The van der Waals surface area contributed by atoms with Gasteiger partial charge in [-0.3, -0.25) is 0 Å². The van der Waals surface area contributed by atoms with Crippen LogP contribution < -0.4 is 0 Å². The molecule has 2 aromatic rings. The van der Waals surface area contributed by atoms with Gasteiger partial charge >= 0.3 is 0 Å². The Morgan fingerprint density at radius 1 is 0.708 bits per heavy atom. The summed E-state index contributed by atoms with van der Waals surface area (Å²) in [4.78, 5) is 0. The second-order valence-corrected chi connectivity index (χ2v) is 7.04. The fourth-order valence-electron chi connectivity index (χ4n) is 2.79. The van der Waals surface area contributed by atoms with Crippen LogP contribution in [0.2, 0.25) is 0 Å². The van der Waals surface area contributed by atoms with Gasteiger partial charge in [0.25, 0.3) is 0 Å². The molecule has 0 heterocycles. The number of phenolic OH excluding ortho intramolecular Hbond substituents is 2. The zero-order chi connectivity index (χ0) is 17.8. The zero-order valence-corrected chi connectivity index (χ0v) is 15.3. The lowest BCUT2D eigenvalue weighted by molar-refractivity contribution is 0.143. The maximum Gasteiger partial charge on any atom is 0.115 e. The highest BCUT2D eigenvalue weighted by Crippen LogP contribution is 2.41. The Morgan fingerprint density at radius 2 is 1.08 bits per heavy atom. The second kappa shape index (κ2) is 10.7. The number of phenols is 2. The molecule has 2 N–H and O–H groups in total. The maximum atomic E-state index is 8.63. The monoisotopic (exact) mass is 328 g/mol. The molecule has 24 heavy (non-hydrogen) atoms. The fraction of sp³-hybridized carbons (Fsp3) is 0.455. The van der Waals surface area contributed by atoms with Crippen LogP contribution in [0.15, 0.2) is 60.7 Å². The van der Waals surface area contributed by atoms with Crippen molar-refractivity contribution in [1.29, 1.82) is 0 Å². The molecule has 0 atom stereocenters. The normalized spacial score (nSPS) is 15.5. The van der Waals surface area contributed by atoms with Crippen LogP contribution in [0, 0.1) is 11.3 Å². The van der Waals surface area contributed by atoms with Gasteiger partial charge in [0, 0.05) is 0 Å². The van der Waals surface area contributed by atoms with Gasteiger partial charge in [-0.15, -0.1) is 0 Å². The molecule has 1 fully saturated rings. The van der Waals surface area contributed by atoms with Crippen molar-refractivity contribution < 1.29 is 10.2 Å². The quantitative estimate of drug-likeness (QED) is 0.636. The molecule has 0 aromatic heterocycles. The highest BCUT2D eigenvalue weighted by atomic mass is 16.3. The molecular formula is C22H32O2. The smallest absolute Gasteiger partial charge is 0.115 e. The first-order valence-corrected chi connectivity index (χ1v) is 8.92. The molecular weight excluding hydrogens is 296 g/mol. The highest BCUT2D eigenvalue weighted by molar-refractivity contribution is 5.19. The van der Waals surface area contributed by atoms with E-state index in [1.165, 1.54) is 32.1 Å². The largest absolute Gasteiger partial charge is 0.508 e. The Hall–Kier alpha value is -1.96. The Kier molecular flexibility index (Phi) is 8.99. The molecule has 0 bridgehead atoms. The number of rotatable bonds is 1. The average molecular weight is 328 g/mol. The molecule has 2 aromatic carbocycles. The summed E-state index contributed by atoms with van der Waals surface area (Å²) >= 11 is 0. The Labute approximate surface area is 147 Å². The predicted molar refractivity (Wildman–Crippen MR) is 102 cm³/mol. The van der Waals surface area contributed by atoms with E-state index in [-0.39, 0.29) is 0 Å². The first-order chi connectivity index (χ1) is 11.4. The topological polar surface area (TPSA) is 40.5 Å². The zero-order valence-electron chi connectivity index (χ0n) is 15.3. The minimum absolute atomic E-state index is 0.322. The first kappa shape index (κ1) is 20.1. The molecule has 0 spiro atoms. The number of aromatic hydroxyl groups is 2. The molecule has 1 saturated carbocycles. The number of benzene rings is 2. The molecule has 1 aliphatic carbocycles. The van der Waals surface area contributed by atoms with E-state index in [1.807, 2.05) is 12.1 Å². The van der Waals surface area contributed by atoms with Crippen molar-refractivity contribution in [3.05, 3.63) is 60.7 Å². The highest BCUT2D eigenvalue weighted by Gasteiger charge is 2.29. The predicted octanol–water partition coefficient (Wildman–Crippen LogP) is 6.40. The SMILES string of the molecule is CC(C)C1(C)CCCCC1.Oc1ccccc1.Oc1ccccc1. The minimum atomic E-state index is 0.322.